The Morgan fingerprint density at radius 2 is 2.36 bits per heavy atom. The average Bonchev–Trinajstić information content (AvgIpc) is 2.70. The average molecular weight is 211 g/mol. The van der Waals surface area contributed by atoms with Crippen LogP contribution in [0.15, 0.2) is 16.5 Å². The molecule has 0 radical (unpaired) electrons. The van der Waals surface area contributed by atoms with Gasteiger partial charge in [0.2, 0.25) is 0 Å². The minimum absolute atomic E-state index is 0.231. The third kappa shape index (κ3) is 1.98. The number of hydrogen-bond donors (Lipinski definition) is 1. The summed E-state index contributed by atoms with van der Waals surface area (Å²) in [6.45, 7) is 6.56. The van der Waals surface area contributed by atoms with Gasteiger partial charge in [-0.25, -0.2) is 0 Å². The van der Waals surface area contributed by atoms with Gasteiger partial charge in [-0.15, -0.1) is 11.8 Å². The molecule has 78 valence electrons. The molecule has 1 aromatic heterocycles. The van der Waals surface area contributed by atoms with Crippen molar-refractivity contribution in [2.75, 3.05) is 5.75 Å². The Balaban J connectivity index is 2.09. The zero-order chi connectivity index (χ0) is 10.2. The maximum Gasteiger partial charge on any atom is 0.131 e. The number of rotatable bonds is 2. The van der Waals surface area contributed by atoms with Gasteiger partial charge >= 0.3 is 0 Å². The highest BCUT2D eigenvalue weighted by Gasteiger charge is 2.32. The topological polar surface area (TPSA) is 25.2 Å². The van der Waals surface area contributed by atoms with E-state index in [1.165, 1.54) is 0 Å². The smallest absolute Gasteiger partial charge is 0.131 e. The van der Waals surface area contributed by atoms with Crippen LogP contribution in [-0.4, -0.2) is 11.3 Å². The van der Waals surface area contributed by atoms with Crippen molar-refractivity contribution in [3.63, 3.8) is 0 Å². The quantitative estimate of drug-likeness (QED) is 0.814. The molecule has 1 aromatic rings. The van der Waals surface area contributed by atoms with Crippen LogP contribution in [0.25, 0.3) is 0 Å². The summed E-state index contributed by atoms with van der Waals surface area (Å²) in [6, 6.07) is 4.16. The molecule has 0 aliphatic carbocycles. The van der Waals surface area contributed by atoms with E-state index >= 15 is 0 Å². The van der Waals surface area contributed by atoms with E-state index in [1.807, 2.05) is 11.8 Å². The number of furan rings is 1. The van der Waals surface area contributed by atoms with E-state index in [2.05, 4.69) is 38.2 Å². The predicted molar refractivity (Wildman–Crippen MR) is 60.5 cm³/mol. The Morgan fingerprint density at radius 1 is 1.57 bits per heavy atom. The minimum Gasteiger partial charge on any atom is -0.464 e. The van der Waals surface area contributed by atoms with Gasteiger partial charge < -0.3 is 4.42 Å². The molecule has 1 saturated heterocycles. The molecule has 1 atom stereocenters. The van der Waals surface area contributed by atoms with Crippen molar-refractivity contribution in [2.45, 2.75) is 38.1 Å². The van der Waals surface area contributed by atoms with E-state index in [-0.39, 0.29) is 5.54 Å². The normalized spacial score (nSPS) is 25.5. The van der Waals surface area contributed by atoms with Crippen molar-refractivity contribution in [3.05, 3.63) is 23.7 Å². The molecule has 1 fully saturated rings. The summed E-state index contributed by atoms with van der Waals surface area (Å²) in [5.74, 6) is 3.28. The predicted octanol–water partition coefficient (Wildman–Crippen LogP) is 2.96. The van der Waals surface area contributed by atoms with Gasteiger partial charge in [0.05, 0.1) is 0 Å². The fraction of sp³-hybridized carbons (Fsp3) is 0.636. The Labute approximate surface area is 89.4 Å². The van der Waals surface area contributed by atoms with Gasteiger partial charge in [-0.3, -0.25) is 5.32 Å². The van der Waals surface area contributed by atoms with Gasteiger partial charge in [0.1, 0.15) is 16.9 Å². The first kappa shape index (κ1) is 10.1. The lowest BCUT2D eigenvalue weighted by atomic mass is 10.1. The van der Waals surface area contributed by atoms with Crippen LogP contribution < -0.4 is 5.32 Å². The Bertz CT molecular complexity index is 319. The first-order chi connectivity index (χ1) is 6.61. The molecule has 3 heteroatoms. The molecule has 0 amide bonds. The molecule has 0 aromatic carbocycles. The molecule has 1 aliphatic rings. The second kappa shape index (κ2) is 3.63. The van der Waals surface area contributed by atoms with Gasteiger partial charge in [-0.2, -0.15) is 0 Å². The van der Waals surface area contributed by atoms with E-state index in [9.17, 15) is 0 Å². The summed E-state index contributed by atoms with van der Waals surface area (Å²) in [7, 11) is 0. The van der Waals surface area contributed by atoms with Crippen LogP contribution in [0.2, 0.25) is 0 Å². The number of aryl methyl sites for hydroxylation is 1. The van der Waals surface area contributed by atoms with Crippen LogP contribution >= 0.6 is 11.8 Å². The molecule has 0 spiro atoms. The molecule has 2 heterocycles. The summed E-state index contributed by atoms with van der Waals surface area (Å²) < 4.78 is 5.73. The minimum atomic E-state index is 0.231. The highest BCUT2D eigenvalue weighted by molar-refractivity contribution is 7.99. The lowest BCUT2D eigenvalue weighted by molar-refractivity contribution is 0.397. The van der Waals surface area contributed by atoms with Gasteiger partial charge in [-0.05, 0) is 26.0 Å². The van der Waals surface area contributed by atoms with E-state index < -0.39 is 0 Å². The monoisotopic (exact) mass is 211 g/mol. The van der Waals surface area contributed by atoms with E-state index in [0.29, 0.717) is 5.37 Å². The van der Waals surface area contributed by atoms with Crippen LogP contribution in [0.4, 0.5) is 0 Å². The van der Waals surface area contributed by atoms with Crippen LogP contribution in [0, 0.1) is 0 Å². The maximum absolute atomic E-state index is 5.73. The second-order valence-corrected chi connectivity index (χ2v) is 5.47. The molecule has 0 saturated carbocycles. The number of nitrogens with one attached hydrogen (secondary N) is 1. The Hall–Kier alpha value is -0.410. The molecule has 0 bridgehead atoms. The van der Waals surface area contributed by atoms with Gasteiger partial charge in [0.25, 0.3) is 0 Å². The summed E-state index contributed by atoms with van der Waals surface area (Å²) in [5, 5.41) is 3.89. The largest absolute Gasteiger partial charge is 0.464 e. The molecule has 2 nitrogen and oxygen atoms in total. The highest BCUT2D eigenvalue weighted by atomic mass is 32.2. The zero-order valence-electron chi connectivity index (χ0n) is 8.96. The molecule has 14 heavy (non-hydrogen) atoms. The van der Waals surface area contributed by atoms with Crippen LogP contribution in [0.1, 0.15) is 37.7 Å². The number of hydrogen-bond acceptors (Lipinski definition) is 3. The van der Waals surface area contributed by atoms with Crippen molar-refractivity contribution in [1.29, 1.82) is 0 Å². The fourth-order valence-electron chi connectivity index (χ4n) is 1.61. The third-order valence-corrected chi connectivity index (χ3v) is 3.99. The summed E-state index contributed by atoms with van der Waals surface area (Å²) >= 11 is 1.92. The lowest BCUT2D eigenvalue weighted by Crippen LogP contribution is -2.35. The van der Waals surface area contributed by atoms with Crippen LogP contribution in [-0.2, 0) is 6.42 Å². The lowest BCUT2D eigenvalue weighted by Gasteiger charge is -2.17. The fourth-order valence-corrected chi connectivity index (χ4v) is 2.97. The van der Waals surface area contributed by atoms with Gasteiger partial charge in [0, 0.05) is 17.7 Å². The third-order valence-electron chi connectivity index (χ3n) is 2.42. The van der Waals surface area contributed by atoms with Gasteiger partial charge in [0.15, 0.2) is 0 Å². The van der Waals surface area contributed by atoms with Crippen LogP contribution in [0.3, 0.4) is 0 Å². The molecular weight excluding hydrogens is 194 g/mol. The van der Waals surface area contributed by atoms with Crippen LogP contribution in [0.5, 0.6) is 0 Å². The molecule has 2 rings (SSSR count). The van der Waals surface area contributed by atoms with E-state index in [1.54, 1.807) is 0 Å². The first-order valence-electron chi connectivity index (χ1n) is 5.08. The number of thioether (sulfide) groups is 1. The second-order valence-electron chi connectivity index (χ2n) is 4.38. The van der Waals surface area contributed by atoms with Crippen molar-refractivity contribution in [1.82, 2.24) is 5.32 Å². The molecule has 1 aliphatic heterocycles. The summed E-state index contributed by atoms with van der Waals surface area (Å²) in [5.41, 5.74) is 0.231. The molecular formula is C11H17NOS. The maximum atomic E-state index is 5.73. The molecule has 1 N–H and O–H groups in total. The first-order valence-corrected chi connectivity index (χ1v) is 6.13. The highest BCUT2D eigenvalue weighted by Crippen LogP contribution is 2.37. The standard InChI is InChI=1S/C11H17NOS/c1-4-8-5-6-9(13-8)10-12-11(2,3)7-14-10/h5-6,10,12H,4,7H2,1-3H3. The van der Waals surface area contributed by atoms with Crippen molar-refractivity contribution in [2.24, 2.45) is 0 Å². The summed E-state index contributed by atoms with van der Waals surface area (Å²) in [4.78, 5) is 0. The molecule has 1 unspecified atom stereocenters. The van der Waals surface area contributed by atoms with E-state index in [4.69, 9.17) is 4.42 Å². The zero-order valence-corrected chi connectivity index (χ0v) is 9.78. The van der Waals surface area contributed by atoms with E-state index in [0.717, 1.165) is 23.7 Å². The van der Waals surface area contributed by atoms with Crippen molar-refractivity contribution in [3.8, 4) is 0 Å². The SMILES string of the molecule is CCc1ccc(C2NC(C)(C)CS2)o1. The summed E-state index contributed by atoms with van der Waals surface area (Å²) in [6.07, 6.45) is 0.973. The van der Waals surface area contributed by atoms with Crippen molar-refractivity contribution < 1.29 is 4.42 Å². The Kier molecular flexibility index (Phi) is 2.62. The van der Waals surface area contributed by atoms with Crippen molar-refractivity contribution >= 4 is 11.8 Å². The van der Waals surface area contributed by atoms with Gasteiger partial charge in [-0.1, -0.05) is 6.92 Å². The Morgan fingerprint density at radius 3 is 2.86 bits per heavy atom.